The Hall–Kier alpha value is -1.84. The molecule has 0 aliphatic heterocycles. The van der Waals surface area contributed by atoms with E-state index >= 15 is 0 Å². The molecule has 0 aromatic carbocycles. The molecular formula is C12H12N2O2. The molecule has 0 unspecified atom stereocenters. The van der Waals surface area contributed by atoms with Crippen molar-refractivity contribution in [2.75, 3.05) is 0 Å². The van der Waals surface area contributed by atoms with Gasteiger partial charge >= 0.3 is 0 Å². The topological polar surface area (TPSA) is 58.9 Å². The normalized spacial score (nSPS) is 14.1. The lowest BCUT2D eigenvalue weighted by atomic mass is 10.2. The first-order valence-electron chi connectivity index (χ1n) is 5.42. The molecule has 2 aromatic heterocycles. The van der Waals surface area contributed by atoms with Gasteiger partial charge in [0.1, 0.15) is 11.6 Å². The smallest absolute Gasteiger partial charge is 0.254 e. The molecule has 1 N–H and O–H groups in total. The molecular weight excluding hydrogens is 204 g/mol. The number of hydrogen-bond acceptors (Lipinski definition) is 3. The van der Waals surface area contributed by atoms with Crippen LogP contribution in [-0.2, 0) is 12.8 Å². The molecule has 2 aromatic rings. The minimum atomic E-state index is -0.00176. The summed E-state index contributed by atoms with van der Waals surface area (Å²) in [5.41, 5.74) is 2.66. The van der Waals surface area contributed by atoms with Gasteiger partial charge in [0, 0.05) is 5.56 Å². The lowest BCUT2D eigenvalue weighted by Gasteiger charge is -2.02. The SMILES string of the molecule is Cc1occc1-c1nc2c(c(=O)[nH]1)CCC2. The summed E-state index contributed by atoms with van der Waals surface area (Å²) < 4.78 is 5.22. The van der Waals surface area contributed by atoms with Crippen molar-refractivity contribution in [3.8, 4) is 11.4 Å². The van der Waals surface area contributed by atoms with Gasteiger partial charge in [-0.3, -0.25) is 4.79 Å². The molecule has 3 rings (SSSR count). The number of aromatic amines is 1. The average molecular weight is 216 g/mol. The molecule has 1 aliphatic carbocycles. The van der Waals surface area contributed by atoms with Crippen LogP contribution in [0.4, 0.5) is 0 Å². The summed E-state index contributed by atoms with van der Waals surface area (Å²) in [6, 6.07) is 1.83. The molecule has 16 heavy (non-hydrogen) atoms. The van der Waals surface area contributed by atoms with Crippen molar-refractivity contribution >= 4 is 0 Å². The van der Waals surface area contributed by atoms with E-state index < -0.39 is 0 Å². The zero-order valence-corrected chi connectivity index (χ0v) is 9.04. The van der Waals surface area contributed by atoms with E-state index in [9.17, 15) is 4.79 Å². The molecule has 0 amide bonds. The number of aryl methyl sites for hydroxylation is 2. The Morgan fingerprint density at radius 3 is 3.06 bits per heavy atom. The van der Waals surface area contributed by atoms with Crippen LogP contribution in [-0.4, -0.2) is 9.97 Å². The van der Waals surface area contributed by atoms with Crippen LogP contribution in [0.1, 0.15) is 23.4 Å². The van der Waals surface area contributed by atoms with E-state index in [0.717, 1.165) is 41.8 Å². The lowest BCUT2D eigenvalue weighted by molar-refractivity contribution is 0.535. The molecule has 0 atom stereocenters. The second kappa shape index (κ2) is 3.33. The minimum Gasteiger partial charge on any atom is -0.469 e. The first-order valence-corrected chi connectivity index (χ1v) is 5.42. The summed E-state index contributed by atoms with van der Waals surface area (Å²) in [4.78, 5) is 19.1. The number of nitrogens with one attached hydrogen (secondary N) is 1. The fourth-order valence-electron chi connectivity index (χ4n) is 2.20. The minimum absolute atomic E-state index is 0.00176. The number of rotatable bonds is 1. The van der Waals surface area contributed by atoms with Crippen LogP contribution in [0, 0.1) is 6.92 Å². The van der Waals surface area contributed by atoms with Gasteiger partial charge in [0.05, 0.1) is 17.5 Å². The highest BCUT2D eigenvalue weighted by atomic mass is 16.3. The highest BCUT2D eigenvalue weighted by molar-refractivity contribution is 5.57. The molecule has 82 valence electrons. The van der Waals surface area contributed by atoms with Crippen molar-refractivity contribution in [3.05, 3.63) is 39.7 Å². The van der Waals surface area contributed by atoms with Crippen LogP contribution >= 0.6 is 0 Å². The van der Waals surface area contributed by atoms with Crippen molar-refractivity contribution in [1.82, 2.24) is 9.97 Å². The number of aromatic nitrogens is 2. The highest BCUT2D eigenvalue weighted by Crippen LogP contribution is 2.23. The molecule has 0 spiro atoms. The van der Waals surface area contributed by atoms with Gasteiger partial charge in [-0.2, -0.15) is 0 Å². The van der Waals surface area contributed by atoms with Gasteiger partial charge < -0.3 is 9.40 Å². The fraction of sp³-hybridized carbons (Fsp3) is 0.333. The molecule has 0 fully saturated rings. The van der Waals surface area contributed by atoms with E-state index in [-0.39, 0.29) is 5.56 Å². The lowest BCUT2D eigenvalue weighted by Crippen LogP contribution is -2.15. The Labute approximate surface area is 92.3 Å². The van der Waals surface area contributed by atoms with Crippen LogP contribution in [0.2, 0.25) is 0 Å². The van der Waals surface area contributed by atoms with E-state index in [4.69, 9.17) is 4.42 Å². The van der Waals surface area contributed by atoms with Crippen LogP contribution in [0.25, 0.3) is 11.4 Å². The third kappa shape index (κ3) is 1.30. The van der Waals surface area contributed by atoms with Gasteiger partial charge in [-0.05, 0) is 32.3 Å². The van der Waals surface area contributed by atoms with Crippen LogP contribution < -0.4 is 5.56 Å². The molecule has 2 heterocycles. The number of furan rings is 1. The van der Waals surface area contributed by atoms with Gasteiger partial charge in [0.2, 0.25) is 0 Å². The average Bonchev–Trinajstić information content (AvgIpc) is 2.85. The van der Waals surface area contributed by atoms with Crippen molar-refractivity contribution < 1.29 is 4.42 Å². The highest BCUT2D eigenvalue weighted by Gasteiger charge is 2.18. The summed E-state index contributed by atoms with van der Waals surface area (Å²) in [6.07, 6.45) is 4.39. The standard InChI is InChI=1S/C12H12N2O2/c1-7-8(5-6-16-7)11-13-10-4-2-3-9(10)12(15)14-11/h5-6H,2-4H2,1H3,(H,13,14,15). The van der Waals surface area contributed by atoms with Crippen LogP contribution in [0.5, 0.6) is 0 Å². The van der Waals surface area contributed by atoms with Gasteiger partial charge in [-0.1, -0.05) is 0 Å². The number of fused-ring (bicyclic) bond motifs is 1. The number of H-pyrrole nitrogens is 1. The zero-order chi connectivity index (χ0) is 11.1. The largest absolute Gasteiger partial charge is 0.469 e. The molecule has 0 radical (unpaired) electrons. The van der Waals surface area contributed by atoms with E-state index in [0.29, 0.717) is 5.82 Å². The first kappa shape index (κ1) is 9.39. The van der Waals surface area contributed by atoms with Gasteiger partial charge in [-0.15, -0.1) is 0 Å². The van der Waals surface area contributed by atoms with E-state index in [2.05, 4.69) is 9.97 Å². The summed E-state index contributed by atoms with van der Waals surface area (Å²) in [6.45, 7) is 1.86. The van der Waals surface area contributed by atoms with Crippen molar-refractivity contribution in [2.45, 2.75) is 26.2 Å². The predicted octanol–water partition coefficient (Wildman–Crippen LogP) is 1.83. The Balaban J connectivity index is 2.21. The van der Waals surface area contributed by atoms with Gasteiger partial charge in [0.25, 0.3) is 5.56 Å². The Morgan fingerprint density at radius 1 is 1.44 bits per heavy atom. The maximum Gasteiger partial charge on any atom is 0.254 e. The Kier molecular flexibility index (Phi) is 1.96. The Morgan fingerprint density at radius 2 is 2.31 bits per heavy atom. The summed E-state index contributed by atoms with van der Waals surface area (Å²) >= 11 is 0. The zero-order valence-electron chi connectivity index (χ0n) is 9.04. The number of hydrogen-bond donors (Lipinski definition) is 1. The van der Waals surface area contributed by atoms with Crippen molar-refractivity contribution in [3.63, 3.8) is 0 Å². The third-order valence-corrected chi connectivity index (χ3v) is 3.06. The van der Waals surface area contributed by atoms with E-state index in [1.165, 1.54) is 0 Å². The molecule has 4 nitrogen and oxygen atoms in total. The summed E-state index contributed by atoms with van der Waals surface area (Å²) in [7, 11) is 0. The molecule has 1 aliphatic rings. The van der Waals surface area contributed by atoms with Crippen LogP contribution in [0.15, 0.2) is 21.5 Å². The second-order valence-electron chi connectivity index (χ2n) is 4.08. The predicted molar refractivity (Wildman–Crippen MR) is 59.3 cm³/mol. The molecule has 0 saturated heterocycles. The second-order valence-corrected chi connectivity index (χ2v) is 4.08. The number of nitrogens with zero attached hydrogens (tertiary/aromatic N) is 1. The first-order chi connectivity index (χ1) is 7.75. The van der Waals surface area contributed by atoms with E-state index in [1.54, 1.807) is 6.26 Å². The maximum absolute atomic E-state index is 11.8. The quantitative estimate of drug-likeness (QED) is 0.791. The summed E-state index contributed by atoms with van der Waals surface area (Å²) in [5, 5.41) is 0. The van der Waals surface area contributed by atoms with Gasteiger partial charge in [-0.25, -0.2) is 4.98 Å². The third-order valence-electron chi connectivity index (χ3n) is 3.06. The van der Waals surface area contributed by atoms with Crippen molar-refractivity contribution in [2.24, 2.45) is 0 Å². The maximum atomic E-state index is 11.8. The van der Waals surface area contributed by atoms with E-state index in [1.807, 2.05) is 13.0 Å². The summed E-state index contributed by atoms with van der Waals surface area (Å²) in [5.74, 6) is 1.40. The van der Waals surface area contributed by atoms with Crippen molar-refractivity contribution in [1.29, 1.82) is 0 Å². The molecule has 0 bridgehead atoms. The monoisotopic (exact) mass is 216 g/mol. The fourth-order valence-corrected chi connectivity index (χ4v) is 2.20. The van der Waals surface area contributed by atoms with Crippen LogP contribution in [0.3, 0.4) is 0 Å². The Bertz CT molecular complexity index is 595. The van der Waals surface area contributed by atoms with Gasteiger partial charge in [0.15, 0.2) is 0 Å². The molecule has 4 heteroatoms. The molecule has 0 saturated carbocycles.